The highest BCUT2D eigenvalue weighted by molar-refractivity contribution is 7.15. The maximum absolute atomic E-state index is 12.4. The monoisotopic (exact) mass is 278 g/mol. The molecule has 0 atom stereocenters. The Balaban J connectivity index is 2.44. The third-order valence-corrected chi connectivity index (χ3v) is 3.34. The topological polar surface area (TPSA) is 38.9 Å². The van der Waals surface area contributed by atoms with Gasteiger partial charge in [-0.15, -0.1) is 11.3 Å². The first-order chi connectivity index (χ1) is 7.88. The van der Waals surface area contributed by atoms with Gasteiger partial charge in [-0.05, 0) is 18.2 Å². The Kier molecular flexibility index (Phi) is 3.01. The number of nitrogen functional groups attached to an aromatic ring is 1. The molecule has 2 aromatic rings. The number of hydrogen-bond acceptors (Lipinski definition) is 3. The molecular formula is C10H6ClF3N2S. The molecule has 0 saturated carbocycles. The van der Waals surface area contributed by atoms with E-state index in [0.29, 0.717) is 32.5 Å². The molecule has 0 unspecified atom stereocenters. The molecule has 2 rings (SSSR count). The van der Waals surface area contributed by atoms with Crippen LogP contribution in [-0.2, 0) is 6.18 Å². The Bertz CT molecular complexity index is 551. The van der Waals surface area contributed by atoms with Crippen LogP contribution in [0.3, 0.4) is 0 Å². The summed E-state index contributed by atoms with van der Waals surface area (Å²) in [7, 11) is 0. The number of thiazole rings is 1. The fourth-order valence-corrected chi connectivity index (χ4v) is 2.30. The van der Waals surface area contributed by atoms with Gasteiger partial charge in [0.2, 0.25) is 0 Å². The third-order valence-electron chi connectivity index (χ3n) is 2.03. The van der Waals surface area contributed by atoms with Crippen molar-refractivity contribution in [1.82, 2.24) is 4.98 Å². The van der Waals surface area contributed by atoms with Gasteiger partial charge < -0.3 is 5.73 Å². The summed E-state index contributed by atoms with van der Waals surface area (Å²) >= 11 is 6.26. The molecule has 1 heterocycles. The lowest BCUT2D eigenvalue weighted by molar-refractivity contribution is -0.137. The van der Waals surface area contributed by atoms with Gasteiger partial charge in [-0.3, -0.25) is 0 Å². The van der Waals surface area contributed by atoms with E-state index in [9.17, 15) is 13.2 Å². The maximum atomic E-state index is 12.4. The van der Waals surface area contributed by atoms with Gasteiger partial charge in [0.15, 0.2) is 5.01 Å². The molecule has 0 fully saturated rings. The number of aromatic nitrogens is 1. The number of hydrogen-bond donors (Lipinski definition) is 1. The first-order valence-corrected chi connectivity index (χ1v) is 5.66. The Morgan fingerprint density at radius 3 is 2.53 bits per heavy atom. The van der Waals surface area contributed by atoms with E-state index in [-0.39, 0.29) is 0 Å². The molecule has 0 saturated heterocycles. The van der Waals surface area contributed by atoms with Crippen LogP contribution in [0.25, 0.3) is 10.4 Å². The normalized spacial score (nSPS) is 11.8. The first kappa shape index (κ1) is 12.2. The predicted octanol–water partition coefficient (Wildman–Crippen LogP) is 4.06. The summed E-state index contributed by atoms with van der Waals surface area (Å²) in [5, 5.41) is -0.450. The van der Waals surface area contributed by atoms with Gasteiger partial charge >= 0.3 is 6.18 Å². The third kappa shape index (κ3) is 2.53. The molecule has 17 heavy (non-hydrogen) atoms. The Labute approximate surface area is 104 Å². The highest BCUT2D eigenvalue weighted by Gasteiger charge is 2.34. The van der Waals surface area contributed by atoms with E-state index in [1.165, 1.54) is 6.07 Å². The van der Waals surface area contributed by atoms with Gasteiger partial charge in [-0.25, -0.2) is 4.98 Å². The van der Waals surface area contributed by atoms with Gasteiger partial charge in [0, 0.05) is 22.5 Å². The lowest BCUT2D eigenvalue weighted by Crippen LogP contribution is -2.02. The van der Waals surface area contributed by atoms with Crippen molar-refractivity contribution in [2.45, 2.75) is 6.18 Å². The number of halogens is 4. The van der Waals surface area contributed by atoms with Crippen LogP contribution in [0.4, 0.5) is 18.9 Å². The molecule has 7 heteroatoms. The van der Waals surface area contributed by atoms with Crippen LogP contribution < -0.4 is 5.73 Å². The van der Waals surface area contributed by atoms with Crippen molar-refractivity contribution in [3.63, 3.8) is 0 Å². The van der Waals surface area contributed by atoms with Gasteiger partial charge in [0.25, 0.3) is 0 Å². The molecule has 0 amide bonds. The van der Waals surface area contributed by atoms with Crippen molar-refractivity contribution < 1.29 is 13.2 Å². The number of rotatable bonds is 1. The van der Waals surface area contributed by atoms with Crippen LogP contribution in [0.2, 0.25) is 5.02 Å². The standard InChI is InChI=1S/C10H6ClF3N2S/c11-5-1-2-6(7(15)3-5)8-4-16-9(17-8)10(12,13)14/h1-4H,15H2. The molecule has 0 aliphatic rings. The van der Waals surface area contributed by atoms with Crippen LogP contribution in [-0.4, -0.2) is 4.98 Å². The van der Waals surface area contributed by atoms with Gasteiger partial charge in [0.1, 0.15) is 0 Å². The molecule has 90 valence electrons. The van der Waals surface area contributed by atoms with Gasteiger partial charge in [-0.1, -0.05) is 11.6 Å². The highest BCUT2D eigenvalue weighted by Crippen LogP contribution is 2.38. The summed E-state index contributed by atoms with van der Waals surface area (Å²) < 4.78 is 37.1. The van der Waals surface area contributed by atoms with E-state index in [1.807, 2.05) is 0 Å². The second-order valence-corrected chi connectivity index (χ2v) is 4.73. The first-order valence-electron chi connectivity index (χ1n) is 4.46. The quantitative estimate of drug-likeness (QED) is 0.799. The molecule has 1 aromatic carbocycles. The lowest BCUT2D eigenvalue weighted by Gasteiger charge is -2.03. The molecule has 2 N–H and O–H groups in total. The summed E-state index contributed by atoms with van der Waals surface area (Å²) in [5.74, 6) is 0. The second kappa shape index (κ2) is 4.19. The van der Waals surface area contributed by atoms with Crippen molar-refractivity contribution in [3.05, 3.63) is 34.4 Å². The summed E-state index contributed by atoms with van der Waals surface area (Å²) in [6, 6.07) is 4.63. The fourth-order valence-electron chi connectivity index (χ4n) is 1.29. The van der Waals surface area contributed by atoms with Crippen molar-refractivity contribution >= 4 is 28.6 Å². The lowest BCUT2D eigenvalue weighted by atomic mass is 10.1. The fraction of sp³-hybridized carbons (Fsp3) is 0.100. The van der Waals surface area contributed by atoms with E-state index >= 15 is 0 Å². The molecule has 0 spiro atoms. The minimum absolute atomic E-state index is 0.329. The minimum Gasteiger partial charge on any atom is -0.398 e. The molecule has 0 aliphatic carbocycles. The largest absolute Gasteiger partial charge is 0.443 e. The number of anilines is 1. The molecular weight excluding hydrogens is 273 g/mol. The second-order valence-electron chi connectivity index (χ2n) is 3.26. The molecule has 2 nitrogen and oxygen atoms in total. The summed E-state index contributed by atoms with van der Waals surface area (Å²) in [4.78, 5) is 3.70. The van der Waals surface area contributed by atoms with E-state index in [1.54, 1.807) is 12.1 Å². The zero-order valence-corrected chi connectivity index (χ0v) is 9.83. The number of alkyl halides is 3. The van der Waals surface area contributed by atoms with Crippen LogP contribution in [0, 0.1) is 0 Å². The van der Waals surface area contributed by atoms with Gasteiger partial charge in [-0.2, -0.15) is 13.2 Å². The Morgan fingerprint density at radius 1 is 1.29 bits per heavy atom. The molecule has 0 radical (unpaired) electrons. The Morgan fingerprint density at radius 2 is 2.00 bits per heavy atom. The van der Waals surface area contributed by atoms with Crippen LogP contribution in [0.15, 0.2) is 24.4 Å². The van der Waals surface area contributed by atoms with Crippen LogP contribution >= 0.6 is 22.9 Å². The van der Waals surface area contributed by atoms with Crippen LogP contribution in [0.1, 0.15) is 5.01 Å². The zero-order chi connectivity index (χ0) is 12.6. The minimum atomic E-state index is -4.43. The average Bonchev–Trinajstić information content (AvgIpc) is 2.65. The van der Waals surface area contributed by atoms with E-state index in [2.05, 4.69) is 4.98 Å². The van der Waals surface area contributed by atoms with Crippen molar-refractivity contribution in [3.8, 4) is 10.4 Å². The zero-order valence-electron chi connectivity index (χ0n) is 8.25. The van der Waals surface area contributed by atoms with Crippen molar-refractivity contribution in [1.29, 1.82) is 0 Å². The van der Waals surface area contributed by atoms with Crippen LogP contribution in [0.5, 0.6) is 0 Å². The smallest absolute Gasteiger partial charge is 0.398 e. The average molecular weight is 279 g/mol. The summed E-state index contributed by atoms with van der Waals surface area (Å²) in [6.07, 6.45) is -3.27. The number of benzene rings is 1. The maximum Gasteiger partial charge on any atom is 0.443 e. The van der Waals surface area contributed by atoms with E-state index in [4.69, 9.17) is 17.3 Å². The summed E-state index contributed by atoms with van der Waals surface area (Å²) in [5.41, 5.74) is 6.52. The highest BCUT2D eigenvalue weighted by atomic mass is 35.5. The Hall–Kier alpha value is -1.27. The van der Waals surface area contributed by atoms with Crippen molar-refractivity contribution in [2.75, 3.05) is 5.73 Å². The van der Waals surface area contributed by atoms with Crippen molar-refractivity contribution in [2.24, 2.45) is 0 Å². The molecule has 0 aliphatic heterocycles. The summed E-state index contributed by atoms with van der Waals surface area (Å²) in [6.45, 7) is 0. The number of nitrogens with zero attached hydrogens (tertiary/aromatic N) is 1. The molecule has 1 aromatic heterocycles. The van der Waals surface area contributed by atoms with E-state index in [0.717, 1.165) is 6.20 Å². The van der Waals surface area contributed by atoms with E-state index < -0.39 is 11.2 Å². The molecule has 0 bridgehead atoms. The predicted molar refractivity (Wildman–Crippen MR) is 62.0 cm³/mol. The SMILES string of the molecule is Nc1cc(Cl)ccc1-c1cnc(C(F)(F)F)s1. The number of nitrogens with two attached hydrogens (primary N) is 1. The van der Waals surface area contributed by atoms with Gasteiger partial charge in [0.05, 0.1) is 4.88 Å².